The molecule has 18 heavy (non-hydrogen) atoms. The molecular weight excluding hydrogens is 228 g/mol. The second kappa shape index (κ2) is 7.95. The summed E-state index contributed by atoms with van der Waals surface area (Å²) >= 11 is 0. The fourth-order valence-electron chi connectivity index (χ4n) is 1.29. The zero-order valence-electron chi connectivity index (χ0n) is 10.3. The first-order chi connectivity index (χ1) is 8.72. The predicted octanol–water partition coefficient (Wildman–Crippen LogP) is 1.95. The molecule has 96 valence electrons. The zero-order valence-corrected chi connectivity index (χ0v) is 10.3. The third-order valence-electron chi connectivity index (χ3n) is 2.22. The van der Waals surface area contributed by atoms with Gasteiger partial charge in [-0.1, -0.05) is 18.7 Å². The lowest BCUT2D eigenvalue weighted by atomic mass is 10.2. The number of hydrogen-bond acceptors (Lipinski definition) is 3. The summed E-state index contributed by atoms with van der Waals surface area (Å²) in [5.74, 6) is -0.120. The molecule has 4 heteroatoms. The van der Waals surface area contributed by atoms with E-state index < -0.39 is 0 Å². The molecule has 0 fully saturated rings. The van der Waals surface area contributed by atoms with Crippen LogP contribution < -0.4 is 11.1 Å². The Labute approximate surface area is 107 Å². The van der Waals surface area contributed by atoms with E-state index in [1.807, 2.05) is 12.1 Å². The first kappa shape index (κ1) is 13.8. The highest BCUT2D eigenvalue weighted by Gasteiger charge is 1.94. The normalized spacial score (nSPS) is 10.2. The Morgan fingerprint density at radius 1 is 1.39 bits per heavy atom. The summed E-state index contributed by atoms with van der Waals surface area (Å²) in [7, 11) is 0. The van der Waals surface area contributed by atoms with Crippen LogP contribution in [0.25, 0.3) is 6.08 Å². The van der Waals surface area contributed by atoms with Crippen molar-refractivity contribution in [3.63, 3.8) is 0 Å². The molecule has 0 aliphatic heterocycles. The molecule has 0 saturated carbocycles. The molecule has 0 spiro atoms. The molecule has 0 bridgehead atoms. The van der Waals surface area contributed by atoms with Gasteiger partial charge in [-0.3, -0.25) is 4.79 Å². The lowest BCUT2D eigenvalue weighted by molar-refractivity contribution is -0.116. The van der Waals surface area contributed by atoms with Gasteiger partial charge in [0.05, 0.1) is 12.9 Å². The first-order valence-corrected chi connectivity index (χ1v) is 5.76. The third-order valence-corrected chi connectivity index (χ3v) is 2.22. The molecule has 0 heterocycles. The average molecular weight is 246 g/mol. The van der Waals surface area contributed by atoms with Crippen LogP contribution in [0.3, 0.4) is 0 Å². The second-order valence-corrected chi connectivity index (χ2v) is 3.68. The molecule has 0 aromatic heterocycles. The van der Waals surface area contributed by atoms with Crippen molar-refractivity contribution in [1.82, 2.24) is 5.32 Å². The van der Waals surface area contributed by atoms with Crippen molar-refractivity contribution in [2.24, 2.45) is 0 Å². The third kappa shape index (κ3) is 5.75. The van der Waals surface area contributed by atoms with Gasteiger partial charge in [-0.05, 0) is 30.2 Å². The van der Waals surface area contributed by atoms with Gasteiger partial charge >= 0.3 is 0 Å². The van der Waals surface area contributed by atoms with Crippen molar-refractivity contribution in [3.05, 3.63) is 48.7 Å². The highest BCUT2D eigenvalue weighted by Crippen LogP contribution is 2.06. The maximum atomic E-state index is 11.4. The number of ether oxygens (including phenoxy) is 1. The summed E-state index contributed by atoms with van der Waals surface area (Å²) in [6, 6.07) is 7.31. The van der Waals surface area contributed by atoms with Crippen molar-refractivity contribution >= 4 is 17.7 Å². The standard InChI is InChI=1S/C14H18N2O2/c1-2-18-11-3-10-16-14(17)9-6-12-4-7-13(15)8-5-12/h2,4-9H,1,3,10-11,15H2,(H,16,17)/b9-6+. The van der Waals surface area contributed by atoms with Gasteiger partial charge in [0.25, 0.3) is 0 Å². The molecule has 0 atom stereocenters. The Balaban J connectivity index is 2.27. The van der Waals surface area contributed by atoms with E-state index in [4.69, 9.17) is 10.5 Å². The molecule has 0 aliphatic carbocycles. The Morgan fingerprint density at radius 3 is 2.78 bits per heavy atom. The Kier molecular flexibility index (Phi) is 6.11. The molecule has 0 radical (unpaired) electrons. The van der Waals surface area contributed by atoms with Gasteiger partial charge in [-0.2, -0.15) is 0 Å². The molecular formula is C14H18N2O2. The highest BCUT2D eigenvalue weighted by molar-refractivity contribution is 5.91. The number of nitrogens with two attached hydrogens (primary N) is 1. The van der Waals surface area contributed by atoms with Gasteiger partial charge in [0.1, 0.15) is 0 Å². The number of anilines is 1. The quantitative estimate of drug-likeness (QED) is 0.334. The Morgan fingerprint density at radius 2 is 2.11 bits per heavy atom. The molecule has 1 rings (SSSR count). The van der Waals surface area contributed by atoms with Gasteiger partial charge in [0, 0.05) is 18.3 Å². The minimum Gasteiger partial charge on any atom is -0.502 e. The lowest BCUT2D eigenvalue weighted by Crippen LogP contribution is -2.22. The highest BCUT2D eigenvalue weighted by atomic mass is 16.5. The van der Waals surface area contributed by atoms with Crippen LogP contribution in [-0.2, 0) is 9.53 Å². The van der Waals surface area contributed by atoms with Gasteiger partial charge in [0.2, 0.25) is 5.91 Å². The van der Waals surface area contributed by atoms with Gasteiger partial charge in [-0.25, -0.2) is 0 Å². The van der Waals surface area contributed by atoms with E-state index in [0.29, 0.717) is 18.8 Å². The average Bonchev–Trinajstić information content (AvgIpc) is 2.38. The van der Waals surface area contributed by atoms with Crippen LogP contribution in [-0.4, -0.2) is 19.1 Å². The van der Waals surface area contributed by atoms with Gasteiger partial charge < -0.3 is 15.8 Å². The lowest BCUT2D eigenvalue weighted by Gasteiger charge is -2.02. The van der Waals surface area contributed by atoms with Crippen LogP contribution in [0.15, 0.2) is 43.2 Å². The minimum atomic E-state index is -0.120. The number of hydrogen-bond donors (Lipinski definition) is 2. The molecule has 1 aromatic rings. The van der Waals surface area contributed by atoms with Crippen LogP contribution >= 0.6 is 0 Å². The zero-order chi connectivity index (χ0) is 13.2. The van der Waals surface area contributed by atoms with E-state index in [1.165, 1.54) is 12.3 Å². The number of nitrogens with one attached hydrogen (secondary N) is 1. The second-order valence-electron chi connectivity index (χ2n) is 3.68. The van der Waals surface area contributed by atoms with Gasteiger partial charge in [0.15, 0.2) is 0 Å². The predicted molar refractivity (Wildman–Crippen MR) is 73.7 cm³/mol. The minimum absolute atomic E-state index is 0.120. The smallest absolute Gasteiger partial charge is 0.244 e. The fraction of sp³-hybridized carbons (Fsp3) is 0.214. The van der Waals surface area contributed by atoms with Crippen molar-refractivity contribution in [2.75, 3.05) is 18.9 Å². The Hall–Kier alpha value is -2.23. The van der Waals surface area contributed by atoms with Crippen LogP contribution in [0.2, 0.25) is 0 Å². The van der Waals surface area contributed by atoms with Crippen LogP contribution in [0.1, 0.15) is 12.0 Å². The topological polar surface area (TPSA) is 64.3 Å². The molecule has 0 saturated heterocycles. The number of carbonyl (C=O) groups excluding carboxylic acids is 1. The molecule has 1 amide bonds. The van der Waals surface area contributed by atoms with Crippen molar-refractivity contribution in [2.45, 2.75) is 6.42 Å². The van der Waals surface area contributed by atoms with Gasteiger partial charge in [-0.15, -0.1) is 0 Å². The Bertz CT molecular complexity index is 410. The number of rotatable bonds is 7. The van der Waals surface area contributed by atoms with E-state index in [2.05, 4.69) is 11.9 Å². The van der Waals surface area contributed by atoms with E-state index in [0.717, 1.165) is 12.0 Å². The summed E-state index contributed by atoms with van der Waals surface area (Å²) in [5, 5.41) is 2.76. The van der Waals surface area contributed by atoms with Crippen molar-refractivity contribution in [1.29, 1.82) is 0 Å². The summed E-state index contributed by atoms with van der Waals surface area (Å²) in [6.07, 6.45) is 5.39. The largest absolute Gasteiger partial charge is 0.502 e. The number of carbonyl (C=O) groups is 1. The molecule has 1 aromatic carbocycles. The van der Waals surface area contributed by atoms with E-state index in [-0.39, 0.29) is 5.91 Å². The van der Waals surface area contributed by atoms with Crippen molar-refractivity contribution < 1.29 is 9.53 Å². The summed E-state index contributed by atoms with van der Waals surface area (Å²) in [6.45, 7) is 4.58. The molecule has 0 unspecified atom stereocenters. The SMILES string of the molecule is C=COCCCNC(=O)/C=C/c1ccc(N)cc1. The summed E-state index contributed by atoms with van der Waals surface area (Å²) in [5.41, 5.74) is 7.21. The van der Waals surface area contributed by atoms with E-state index in [1.54, 1.807) is 18.2 Å². The molecule has 4 nitrogen and oxygen atoms in total. The van der Waals surface area contributed by atoms with Crippen LogP contribution in [0.5, 0.6) is 0 Å². The van der Waals surface area contributed by atoms with E-state index in [9.17, 15) is 4.79 Å². The number of amides is 1. The number of nitrogen functional groups attached to an aromatic ring is 1. The first-order valence-electron chi connectivity index (χ1n) is 5.76. The summed E-state index contributed by atoms with van der Waals surface area (Å²) < 4.78 is 4.94. The maximum Gasteiger partial charge on any atom is 0.244 e. The van der Waals surface area contributed by atoms with Crippen LogP contribution in [0, 0.1) is 0 Å². The molecule has 0 aliphatic rings. The maximum absolute atomic E-state index is 11.4. The van der Waals surface area contributed by atoms with E-state index >= 15 is 0 Å². The molecule has 3 N–H and O–H groups in total. The van der Waals surface area contributed by atoms with Crippen LogP contribution in [0.4, 0.5) is 5.69 Å². The summed E-state index contributed by atoms with van der Waals surface area (Å²) in [4.78, 5) is 11.4. The monoisotopic (exact) mass is 246 g/mol. The fourth-order valence-corrected chi connectivity index (χ4v) is 1.29. The van der Waals surface area contributed by atoms with Crippen molar-refractivity contribution in [3.8, 4) is 0 Å². The number of benzene rings is 1.